The van der Waals surface area contributed by atoms with Crippen molar-refractivity contribution in [2.24, 2.45) is 0 Å². The van der Waals surface area contributed by atoms with Crippen molar-refractivity contribution in [1.29, 1.82) is 0 Å². The molecule has 176 valence electrons. The fourth-order valence-corrected chi connectivity index (χ4v) is 4.06. The van der Waals surface area contributed by atoms with Crippen molar-refractivity contribution < 1.29 is 14.3 Å². The summed E-state index contributed by atoms with van der Waals surface area (Å²) < 4.78 is 5.71. The number of benzene rings is 2. The van der Waals surface area contributed by atoms with E-state index in [0.717, 1.165) is 22.1 Å². The van der Waals surface area contributed by atoms with Gasteiger partial charge in [0.2, 0.25) is 5.88 Å². The number of hydrogen-bond acceptors (Lipinski definition) is 7. The average molecular weight is 486 g/mol. The summed E-state index contributed by atoms with van der Waals surface area (Å²) in [5, 5.41) is 0.720. The molecule has 2 aromatic heterocycles. The Morgan fingerprint density at radius 3 is 2.26 bits per heavy atom. The highest BCUT2D eigenvalue weighted by Gasteiger charge is 2.15. The third-order valence-electron chi connectivity index (χ3n) is 4.81. The smallest absolute Gasteiger partial charge is 0.275 e. The molecule has 0 fully saturated rings. The van der Waals surface area contributed by atoms with Crippen molar-refractivity contribution in [2.75, 3.05) is 0 Å². The molecular formula is C26H23N5O3S. The van der Waals surface area contributed by atoms with E-state index >= 15 is 0 Å². The fourth-order valence-electron chi connectivity index (χ4n) is 3.16. The van der Waals surface area contributed by atoms with E-state index in [4.69, 9.17) is 4.74 Å². The fraction of sp³-hybridized carbons (Fsp3) is 0.115. The van der Waals surface area contributed by atoms with Gasteiger partial charge in [0.25, 0.3) is 11.8 Å². The maximum absolute atomic E-state index is 12.7. The Bertz CT molecular complexity index is 1310. The van der Waals surface area contributed by atoms with E-state index in [-0.39, 0.29) is 11.4 Å². The number of hydrazine groups is 1. The van der Waals surface area contributed by atoms with Crippen LogP contribution in [-0.4, -0.2) is 26.8 Å². The Hall–Kier alpha value is -4.24. The second-order valence-electron chi connectivity index (χ2n) is 7.60. The van der Waals surface area contributed by atoms with E-state index in [1.807, 2.05) is 50.2 Å². The SMILES string of the molecule is Cc1cc(C)nc(SCc2ccc(C(=O)NNC(=O)c3cccnc3Oc3ccccc3)cc2)n1. The van der Waals surface area contributed by atoms with Gasteiger partial charge < -0.3 is 4.74 Å². The third-order valence-corrected chi connectivity index (χ3v) is 5.73. The van der Waals surface area contributed by atoms with Gasteiger partial charge in [-0.25, -0.2) is 15.0 Å². The molecule has 35 heavy (non-hydrogen) atoms. The first-order chi connectivity index (χ1) is 17.0. The van der Waals surface area contributed by atoms with Crippen molar-refractivity contribution in [3.63, 3.8) is 0 Å². The van der Waals surface area contributed by atoms with Crippen molar-refractivity contribution >= 4 is 23.6 Å². The Labute approximate surface area is 207 Å². The number of para-hydroxylation sites is 1. The monoisotopic (exact) mass is 485 g/mol. The molecule has 0 saturated carbocycles. The number of nitrogens with zero attached hydrogens (tertiary/aromatic N) is 3. The second kappa shape index (κ2) is 11.3. The molecule has 2 N–H and O–H groups in total. The number of aromatic nitrogens is 3. The van der Waals surface area contributed by atoms with Crippen LogP contribution < -0.4 is 15.6 Å². The Balaban J connectivity index is 1.33. The first-order valence-electron chi connectivity index (χ1n) is 10.8. The highest BCUT2D eigenvalue weighted by molar-refractivity contribution is 7.98. The zero-order valence-corrected chi connectivity index (χ0v) is 20.0. The largest absolute Gasteiger partial charge is 0.438 e. The molecule has 0 saturated heterocycles. The minimum absolute atomic E-state index is 0.139. The third kappa shape index (κ3) is 6.64. The highest BCUT2D eigenvalue weighted by atomic mass is 32.2. The van der Waals surface area contributed by atoms with Gasteiger partial charge in [0.05, 0.1) is 0 Å². The van der Waals surface area contributed by atoms with E-state index < -0.39 is 11.8 Å². The molecule has 0 aliphatic rings. The summed E-state index contributed by atoms with van der Waals surface area (Å²) in [6.45, 7) is 3.88. The molecule has 0 atom stereocenters. The van der Waals surface area contributed by atoms with E-state index in [2.05, 4.69) is 25.8 Å². The predicted molar refractivity (Wildman–Crippen MR) is 133 cm³/mol. The van der Waals surface area contributed by atoms with Crippen LogP contribution in [0.4, 0.5) is 0 Å². The minimum atomic E-state index is -0.543. The molecule has 2 heterocycles. The zero-order chi connectivity index (χ0) is 24.6. The molecule has 0 unspecified atom stereocenters. The van der Waals surface area contributed by atoms with Gasteiger partial charge in [-0.15, -0.1) is 0 Å². The van der Waals surface area contributed by atoms with E-state index in [0.29, 0.717) is 17.1 Å². The molecule has 0 bridgehead atoms. The van der Waals surface area contributed by atoms with Crippen LogP contribution >= 0.6 is 11.8 Å². The molecule has 9 heteroatoms. The van der Waals surface area contributed by atoms with Crippen LogP contribution in [0.5, 0.6) is 11.6 Å². The van der Waals surface area contributed by atoms with Gasteiger partial charge in [-0.05, 0) is 61.9 Å². The molecule has 0 aliphatic heterocycles. The summed E-state index contributed by atoms with van der Waals surface area (Å²) >= 11 is 1.53. The van der Waals surface area contributed by atoms with Gasteiger partial charge in [-0.3, -0.25) is 20.4 Å². The lowest BCUT2D eigenvalue weighted by Gasteiger charge is -2.11. The van der Waals surface area contributed by atoms with Crippen LogP contribution in [0.3, 0.4) is 0 Å². The standard InChI is InChI=1S/C26H23N5O3S/c1-17-15-18(2)29-26(28-17)35-16-19-10-12-20(13-11-19)23(32)30-31-24(33)22-9-6-14-27-25(22)34-21-7-4-3-5-8-21/h3-15H,16H2,1-2H3,(H,30,32)(H,31,33). The topological polar surface area (TPSA) is 106 Å². The summed E-state index contributed by atoms with van der Waals surface area (Å²) in [7, 11) is 0. The van der Waals surface area contributed by atoms with E-state index in [1.165, 1.54) is 18.0 Å². The number of aryl methyl sites for hydroxylation is 2. The molecule has 4 aromatic rings. The lowest BCUT2D eigenvalue weighted by Crippen LogP contribution is -2.41. The highest BCUT2D eigenvalue weighted by Crippen LogP contribution is 2.22. The molecule has 0 aliphatic carbocycles. The number of nitrogens with one attached hydrogen (secondary N) is 2. The average Bonchev–Trinajstić information content (AvgIpc) is 2.86. The summed E-state index contributed by atoms with van der Waals surface area (Å²) in [6, 6.07) is 21.3. The molecule has 2 aromatic carbocycles. The molecule has 0 radical (unpaired) electrons. The summed E-state index contributed by atoms with van der Waals surface area (Å²) in [5.41, 5.74) is 8.33. The first kappa shape index (κ1) is 23.9. The number of carbonyl (C=O) groups is 2. The van der Waals surface area contributed by atoms with Gasteiger partial charge >= 0.3 is 0 Å². The Kier molecular flexibility index (Phi) is 7.69. The number of ether oxygens (including phenoxy) is 1. The predicted octanol–water partition coefficient (Wildman–Crippen LogP) is 4.65. The number of carbonyl (C=O) groups excluding carboxylic acids is 2. The van der Waals surface area contributed by atoms with Gasteiger partial charge in [0, 0.05) is 28.9 Å². The number of thioether (sulfide) groups is 1. The van der Waals surface area contributed by atoms with E-state index in [1.54, 1.807) is 36.4 Å². The quantitative estimate of drug-likeness (QED) is 0.223. The molecule has 0 spiro atoms. The number of rotatable bonds is 7. The number of pyridine rings is 1. The van der Waals surface area contributed by atoms with Crippen LogP contribution in [0.2, 0.25) is 0 Å². The maximum Gasteiger partial charge on any atom is 0.275 e. The molecule has 8 nitrogen and oxygen atoms in total. The molecule has 4 rings (SSSR count). The normalized spacial score (nSPS) is 10.5. The van der Waals surface area contributed by atoms with Gasteiger partial charge in [0.1, 0.15) is 11.3 Å². The van der Waals surface area contributed by atoms with Crippen molar-refractivity contribution in [2.45, 2.75) is 24.8 Å². The van der Waals surface area contributed by atoms with E-state index in [9.17, 15) is 9.59 Å². The molecule has 2 amide bonds. The first-order valence-corrected chi connectivity index (χ1v) is 11.8. The van der Waals surface area contributed by atoms with Gasteiger partial charge in [-0.1, -0.05) is 42.1 Å². The van der Waals surface area contributed by atoms with Crippen LogP contribution in [0, 0.1) is 13.8 Å². The van der Waals surface area contributed by atoms with Crippen LogP contribution in [0.15, 0.2) is 84.1 Å². The van der Waals surface area contributed by atoms with Crippen molar-refractivity contribution in [1.82, 2.24) is 25.8 Å². The lowest BCUT2D eigenvalue weighted by atomic mass is 10.1. The maximum atomic E-state index is 12.7. The van der Waals surface area contributed by atoms with Crippen LogP contribution in [0.25, 0.3) is 0 Å². The Morgan fingerprint density at radius 2 is 1.54 bits per heavy atom. The summed E-state index contributed by atoms with van der Waals surface area (Å²) in [5.74, 6) is 0.377. The lowest BCUT2D eigenvalue weighted by molar-refractivity contribution is 0.0845. The number of amides is 2. The Morgan fingerprint density at radius 1 is 0.857 bits per heavy atom. The van der Waals surface area contributed by atoms with Gasteiger partial charge in [-0.2, -0.15) is 0 Å². The van der Waals surface area contributed by atoms with Crippen molar-refractivity contribution in [3.8, 4) is 11.6 Å². The summed E-state index contributed by atoms with van der Waals surface area (Å²) in [4.78, 5) is 38.2. The minimum Gasteiger partial charge on any atom is -0.438 e. The molecular weight excluding hydrogens is 462 g/mol. The zero-order valence-electron chi connectivity index (χ0n) is 19.2. The number of hydrogen-bond donors (Lipinski definition) is 2. The van der Waals surface area contributed by atoms with Crippen molar-refractivity contribution in [3.05, 3.63) is 107 Å². The summed E-state index contributed by atoms with van der Waals surface area (Å²) in [6.07, 6.45) is 1.53. The van der Waals surface area contributed by atoms with Gasteiger partial charge in [0.15, 0.2) is 5.16 Å². The second-order valence-corrected chi connectivity index (χ2v) is 8.54. The van der Waals surface area contributed by atoms with Crippen LogP contribution in [-0.2, 0) is 5.75 Å². The van der Waals surface area contributed by atoms with Crippen LogP contribution in [0.1, 0.15) is 37.7 Å².